The van der Waals surface area contributed by atoms with Gasteiger partial charge in [-0.05, 0) is 18.1 Å². The van der Waals surface area contributed by atoms with Crippen LogP contribution in [0.3, 0.4) is 0 Å². The van der Waals surface area contributed by atoms with Crippen LogP contribution in [0.5, 0.6) is 0 Å². The summed E-state index contributed by atoms with van der Waals surface area (Å²) in [6.45, 7) is 2.92. The van der Waals surface area contributed by atoms with E-state index in [1.807, 2.05) is 36.4 Å². The minimum atomic E-state index is -0.0139. The average Bonchev–Trinajstić information content (AvgIpc) is 2.33. The van der Waals surface area contributed by atoms with E-state index in [0.29, 0.717) is 0 Å². The Kier molecular flexibility index (Phi) is 6.00. The second-order valence-corrected chi connectivity index (χ2v) is 3.74. The van der Waals surface area contributed by atoms with Crippen LogP contribution in [-0.2, 0) is 4.79 Å². The van der Waals surface area contributed by atoms with Crippen LogP contribution >= 0.6 is 0 Å². The molecular weight excluding hydrogens is 198 g/mol. The Morgan fingerprint density at radius 2 is 2.00 bits per heavy atom. The van der Waals surface area contributed by atoms with Crippen molar-refractivity contribution in [3.05, 3.63) is 42.0 Å². The molecule has 0 aliphatic carbocycles. The normalized spacial score (nSPS) is 10.6. The quantitative estimate of drug-likeness (QED) is 0.576. The van der Waals surface area contributed by atoms with Crippen molar-refractivity contribution in [2.24, 2.45) is 0 Å². The third-order valence-corrected chi connectivity index (χ3v) is 2.31. The molecule has 0 aliphatic heterocycles. The molecule has 2 heteroatoms. The van der Waals surface area contributed by atoms with E-state index in [1.165, 1.54) is 12.8 Å². The Hall–Kier alpha value is -1.57. The van der Waals surface area contributed by atoms with Crippen molar-refractivity contribution in [1.82, 2.24) is 5.32 Å². The molecule has 0 aliphatic rings. The molecule has 1 aromatic carbocycles. The summed E-state index contributed by atoms with van der Waals surface area (Å²) in [6, 6.07) is 9.82. The van der Waals surface area contributed by atoms with Crippen molar-refractivity contribution in [1.29, 1.82) is 0 Å². The summed E-state index contributed by atoms with van der Waals surface area (Å²) in [5.41, 5.74) is 1.05. The van der Waals surface area contributed by atoms with Crippen molar-refractivity contribution in [3.63, 3.8) is 0 Å². The lowest BCUT2D eigenvalue weighted by atomic mass is 10.2. The van der Waals surface area contributed by atoms with Crippen LogP contribution in [0.2, 0.25) is 0 Å². The maximum Gasteiger partial charge on any atom is 0.243 e. The van der Waals surface area contributed by atoms with Crippen LogP contribution in [0.15, 0.2) is 36.4 Å². The van der Waals surface area contributed by atoms with Crippen LogP contribution in [0.4, 0.5) is 0 Å². The summed E-state index contributed by atoms with van der Waals surface area (Å²) in [5, 5.41) is 2.86. The smallest absolute Gasteiger partial charge is 0.243 e. The molecule has 0 aromatic heterocycles. The molecule has 0 heterocycles. The summed E-state index contributed by atoms with van der Waals surface area (Å²) in [5.74, 6) is -0.0139. The van der Waals surface area contributed by atoms with Gasteiger partial charge >= 0.3 is 0 Å². The topological polar surface area (TPSA) is 29.1 Å². The lowest BCUT2D eigenvalue weighted by Gasteiger charge is -2.00. The molecule has 0 bridgehead atoms. The first-order valence-corrected chi connectivity index (χ1v) is 5.84. The predicted molar refractivity (Wildman–Crippen MR) is 68.0 cm³/mol. The number of carbonyl (C=O) groups is 1. The SMILES string of the molecule is CCCCCNC(=O)/C=C/c1ccccc1. The molecule has 0 spiro atoms. The van der Waals surface area contributed by atoms with Crippen LogP contribution in [0, 0.1) is 0 Å². The number of unbranched alkanes of at least 4 members (excludes halogenated alkanes) is 2. The van der Waals surface area contributed by atoms with Gasteiger partial charge in [0.15, 0.2) is 0 Å². The Bertz CT molecular complexity index is 330. The monoisotopic (exact) mass is 217 g/mol. The summed E-state index contributed by atoms with van der Waals surface area (Å²) >= 11 is 0. The van der Waals surface area contributed by atoms with E-state index in [0.717, 1.165) is 18.5 Å². The summed E-state index contributed by atoms with van der Waals surface area (Å²) in [6.07, 6.45) is 6.82. The number of hydrogen-bond acceptors (Lipinski definition) is 1. The fourth-order valence-corrected chi connectivity index (χ4v) is 1.38. The highest BCUT2D eigenvalue weighted by molar-refractivity contribution is 5.91. The van der Waals surface area contributed by atoms with Crippen molar-refractivity contribution >= 4 is 12.0 Å². The number of amides is 1. The van der Waals surface area contributed by atoms with Crippen LogP contribution in [0.25, 0.3) is 6.08 Å². The average molecular weight is 217 g/mol. The van der Waals surface area contributed by atoms with Crippen LogP contribution in [-0.4, -0.2) is 12.5 Å². The van der Waals surface area contributed by atoms with E-state index in [2.05, 4.69) is 12.2 Å². The fourth-order valence-electron chi connectivity index (χ4n) is 1.38. The number of hydrogen-bond donors (Lipinski definition) is 1. The Morgan fingerprint density at radius 1 is 1.25 bits per heavy atom. The molecule has 0 atom stereocenters. The molecule has 1 N–H and O–H groups in total. The standard InChI is InChI=1S/C14H19NO/c1-2-3-7-12-15-14(16)11-10-13-8-5-4-6-9-13/h4-6,8-11H,2-3,7,12H2,1H3,(H,15,16)/b11-10+. The summed E-state index contributed by atoms with van der Waals surface area (Å²) in [7, 11) is 0. The van der Waals surface area contributed by atoms with Gasteiger partial charge in [0.1, 0.15) is 0 Å². The Morgan fingerprint density at radius 3 is 2.69 bits per heavy atom. The highest BCUT2D eigenvalue weighted by Gasteiger charge is 1.93. The molecule has 0 fully saturated rings. The second-order valence-electron chi connectivity index (χ2n) is 3.74. The maximum absolute atomic E-state index is 11.4. The molecule has 0 saturated heterocycles. The van der Waals surface area contributed by atoms with Gasteiger partial charge in [0.05, 0.1) is 0 Å². The number of nitrogens with one attached hydrogen (secondary N) is 1. The predicted octanol–water partition coefficient (Wildman–Crippen LogP) is 3.01. The van der Waals surface area contributed by atoms with Crippen molar-refractivity contribution < 1.29 is 4.79 Å². The van der Waals surface area contributed by atoms with Gasteiger partial charge in [0, 0.05) is 12.6 Å². The molecular formula is C14H19NO. The zero-order valence-corrected chi connectivity index (χ0v) is 9.78. The Labute approximate surface area is 97.4 Å². The largest absolute Gasteiger partial charge is 0.353 e. The zero-order valence-electron chi connectivity index (χ0n) is 9.78. The second kappa shape index (κ2) is 7.69. The fraction of sp³-hybridized carbons (Fsp3) is 0.357. The molecule has 1 rings (SSSR count). The minimum absolute atomic E-state index is 0.0139. The molecule has 1 aromatic rings. The van der Waals surface area contributed by atoms with E-state index < -0.39 is 0 Å². The van der Waals surface area contributed by atoms with E-state index in [1.54, 1.807) is 6.08 Å². The van der Waals surface area contributed by atoms with Gasteiger partial charge in [0.2, 0.25) is 5.91 Å². The first kappa shape index (κ1) is 12.5. The van der Waals surface area contributed by atoms with Crippen molar-refractivity contribution in [2.45, 2.75) is 26.2 Å². The van der Waals surface area contributed by atoms with Gasteiger partial charge < -0.3 is 5.32 Å². The molecule has 2 nitrogen and oxygen atoms in total. The first-order valence-electron chi connectivity index (χ1n) is 5.84. The van der Waals surface area contributed by atoms with E-state index in [4.69, 9.17) is 0 Å². The molecule has 0 radical (unpaired) electrons. The molecule has 0 saturated carbocycles. The van der Waals surface area contributed by atoms with Gasteiger partial charge in [0.25, 0.3) is 0 Å². The minimum Gasteiger partial charge on any atom is -0.353 e. The van der Waals surface area contributed by atoms with Crippen molar-refractivity contribution in [2.75, 3.05) is 6.54 Å². The summed E-state index contributed by atoms with van der Waals surface area (Å²) in [4.78, 5) is 11.4. The van der Waals surface area contributed by atoms with Crippen molar-refractivity contribution in [3.8, 4) is 0 Å². The van der Waals surface area contributed by atoms with Crippen LogP contribution < -0.4 is 5.32 Å². The van der Waals surface area contributed by atoms with Crippen LogP contribution in [0.1, 0.15) is 31.7 Å². The lowest BCUT2D eigenvalue weighted by molar-refractivity contribution is -0.116. The maximum atomic E-state index is 11.4. The zero-order chi connectivity index (χ0) is 11.6. The van der Waals surface area contributed by atoms with E-state index in [9.17, 15) is 4.79 Å². The molecule has 0 unspecified atom stereocenters. The van der Waals surface area contributed by atoms with Gasteiger partial charge in [-0.1, -0.05) is 50.1 Å². The number of carbonyl (C=O) groups excluding carboxylic acids is 1. The Balaban J connectivity index is 2.26. The molecule has 16 heavy (non-hydrogen) atoms. The molecule has 1 amide bonds. The lowest BCUT2D eigenvalue weighted by Crippen LogP contribution is -2.21. The highest BCUT2D eigenvalue weighted by Crippen LogP contribution is 2.00. The number of benzene rings is 1. The van der Waals surface area contributed by atoms with Gasteiger partial charge in [-0.25, -0.2) is 0 Å². The first-order chi connectivity index (χ1) is 7.83. The third-order valence-electron chi connectivity index (χ3n) is 2.31. The summed E-state index contributed by atoms with van der Waals surface area (Å²) < 4.78 is 0. The molecule has 86 valence electrons. The van der Waals surface area contributed by atoms with E-state index in [-0.39, 0.29) is 5.91 Å². The third kappa shape index (κ3) is 5.35. The van der Waals surface area contributed by atoms with E-state index >= 15 is 0 Å². The van der Waals surface area contributed by atoms with Gasteiger partial charge in [-0.15, -0.1) is 0 Å². The van der Waals surface area contributed by atoms with Gasteiger partial charge in [-0.3, -0.25) is 4.79 Å². The van der Waals surface area contributed by atoms with Gasteiger partial charge in [-0.2, -0.15) is 0 Å². The number of rotatable bonds is 6. The highest BCUT2D eigenvalue weighted by atomic mass is 16.1.